The second-order valence-electron chi connectivity index (χ2n) is 11.8. The highest BCUT2D eigenvalue weighted by molar-refractivity contribution is 6.05. The third-order valence-corrected chi connectivity index (χ3v) is 8.72. The molecule has 5 aliphatic rings. The number of amides is 1. The van der Waals surface area contributed by atoms with E-state index in [1.54, 1.807) is 23.0 Å². The standard InChI is InChI=1S/C31H37N7O3/c1-18-13-21-14-26(33-18)24-15-32-37(3)30(24)41-12-4-5-27(20-6-7-20)38-28-11-9-23(34-19(2)22-16-40-17-22)8-10-25(28)35-31(38)36-29(21)39/h8-9,11,13-15,19-20,22,27,34H,4-7,10,12,16-17H2,1-3H3,(H,35,36,39). The number of aromatic nitrogens is 3. The molecule has 10 heteroatoms. The molecule has 3 aliphatic heterocycles. The molecule has 0 spiro atoms. The predicted octanol–water partition coefficient (Wildman–Crippen LogP) is 3.82. The summed E-state index contributed by atoms with van der Waals surface area (Å²) >= 11 is 0. The van der Waals surface area contributed by atoms with Gasteiger partial charge in [-0.1, -0.05) is 6.08 Å². The predicted molar refractivity (Wildman–Crippen MR) is 155 cm³/mol. The Morgan fingerprint density at radius 2 is 2.02 bits per heavy atom. The summed E-state index contributed by atoms with van der Waals surface area (Å²) in [6.07, 6.45) is 13.2. The highest BCUT2D eigenvalue weighted by atomic mass is 16.5. The van der Waals surface area contributed by atoms with Crippen molar-refractivity contribution < 1.29 is 14.3 Å². The van der Waals surface area contributed by atoms with Gasteiger partial charge in [-0.25, -0.2) is 4.68 Å². The number of nitrogens with zero attached hydrogens (tertiary/aromatic N) is 5. The van der Waals surface area contributed by atoms with Gasteiger partial charge in [-0.15, -0.1) is 0 Å². The first-order chi connectivity index (χ1) is 19.9. The molecule has 2 aromatic rings. The van der Waals surface area contributed by atoms with Gasteiger partial charge in [-0.05, 0) is 69.7 Å². The minimum absolute atomic E-state index is 0.221. The zero-order chi connectivity index (χ0) is 28.1. The molecule has 41 heavy (non-hydrogen) atoms. The molecule has 2 unspecified atom stereocenters. The maximum Gasteiger partial charge on any atom is 0.280 e. The molecule has 5 heterocycles. The number of hydrogen-bond donors (Lipinski definition) is 2. The van der Waals surface area contributed by atoms with Crippen molar-refractivity contribution in [3.05, 3.63) is 64.9 Å². The van der Waals surface area contributed by atoms with Crippen LogP contribution in [0, 0.1) is 18.8 Å². The maximum absolute atomic E-state index is 13.7. The summed E-state index contributed by atoms with van der Waals surface area (Å²) in [7, 11) is 1.87. The zero-order valence-electron chi connectivity index (χ0n) is 23.9. The SMILES string of the molecule is Cc1cc2cc(n1)-c1cnn(C)c1OCCCC(C1CC1)N1C3=C(CC=C(NC(C)C4COC4)C=C3)N/C1=N\C2=O. The summed E-state index contributed by atoms with van der Waals surface area (Å²) in [6.45, 7) is 6.31. The topological polar surface area (TPSA) is 106 Å². The third kappa shape index (κ3) is 5.05. The first-order valence-corrected chi connectivity index (χ1v) is 14.7. The van der Waals surface area contributed by atoms with Crippen LogP contribution in [0.3, 0.4) is 0 Å². The number of guanidine groups is 1. The molecule has 10 nitrogen and oxygen atoms in total. The van der Waals surface area contributed by atoms with E-state index in [1.165, 1.54) is 12.8 Å². The molecule has 7 rings (SSSR count). The van der Waals surface area contributed by atoms with E-state index >= 15 is 0 Å². The Morgan fingerprint density at radius 3 is 2.80 bits per heavy atom. The highest BCUT2D eigenvalue weighted by Crippen LogP contribution is 2.41. The summed E-state index contributed by atoms with van der Waals surface area (Å²) in [6, 6.07) is 4.15. The van der Waals surface area contributed by atoms with E-state index in [0.29, 0.717) is 47.6 Å². The van der Waals surface area contributed by atoms with Crippen LogP contribution in [0.15, 0.2) is 58.6 Å². The molecule has 0 radical (unpaired) electrons. The lowest BCUT2D eigenvalue weighted by Crippen LogP contribution is -2.43. The number of aryl methyl sites for hydroxylation is 2. The van der Waals surface area contributed by atoms with E-state index in [-0.39, 0.29) is 11.9 Å². The van der Waals surface area contributed by atoms with Gasteiger partial charge in [0.15, 0.2) is 0 Å². The van der Waals surface area contributed by atoms with Crippen molar-refractivity contribution in [1.29, 1.82) is 0 Å². The summed E-state index contributed by atoms with van der Waals surface area (Å²) in [5.41, 5.74) is 5.95. The number of allylic oxidation sites excluding steroid dienone is 3. The molecule has 2 atom stereocenters. The summed E-state index contributed by atoms with van der Waals surface area (Å²) < 4.78 is 13.4. The van der Waals surface area contributed by atoms with Crippen LogP contribution in [-0.4, -0.2) is 63.4 Å². The number of hydrogen-bond acceptors (Lipinski definition) is 8. The monoisotopic (exact) mass is 555 g/mol. The normalized spacial score (nSPS) is 24.8. The Morgan fingerprint density at radius 1 is 1.17 bits per heavy atom. The minimum Gasteiger partial charge on any atom is -0.477 e. The number of ether oxygens (including phenoxy) is 2. The van der Waals surface area contributed by atoms with Crippen molar-refractivity contribution in [2.24, 2.45) is 23.9 Å². The van der Waals surface area contributed by atoms with Gasteiger partial charge in [0.1, 0.15) is 0 Å². The summed E-state index contributed by atoms with van der Waals surface area (Å²) in [5, 5.41) is 11.6. The van der Waals surface area contributed by atoms with Crippen LogP contribution in [0.4, 0.5) is 0 Å². The number of nitrogens with one attached hydrogen (secondary N) is 2. The van der Waals surface area contributed by atoms with Gasteiger partial charge in [0.05, 0.1) is 43.0 Å². The maximum atomic E-state index is 13.7. The van der Waals surface area contributed by atoms with Crippen molar-refractivity contribution in [1.82, 2.24) is 30.3 Å². The van der Waals surface area contributed by atoms with Crippen molar-refractivity contribution in [3.63, 3.8) is 0 Å². The fraction of sp³-hybridized carbons (Fsp3) is 0.484. The van der Waals surface area contributed by atoms with Crippen LogP contribution in [0.1, 0.15) is 55.1 Å². The Labute approximate surface area is 240 Å². The summed E-state index contributed by atoms with van der Waals surface area (Å²) in [4.78, 5) is 25.4. The number of carbonyl (C=O) groups is 1. The van der Waals surface area contributed by atoms with Crippen molar-refractivity contribution in [2.45, 2.75) is 58.0 Å². The van der Waals surface area contributed by atoms with E-state index in [9.17, 15) is 4.79 Å². The van der Waals surface area contributed by atoms with E-state index in [1.807, 2.05) is 14.0 Å². The molecule has 1 saturated heterocycles. The molecular formula is C31H37N7O3. The fourth-order valence-electron chi connectivity index (χ4n) is 6.13. The van der Waals surface area contributed by atoms with Crippen LogP contribution in [0.2, 0.25) is 0 Å². The van der Waals surface area contributed by atoms with E-state index in [0.717, 1.165) is 60.8 Å². The van der Waals surface area contributed by atoms with E-state index < -0.39 is 0 Å². The Kier molecular flexibility index (Phi) is 6.65. The largest absolute Gasteiger partial charge is 0.477 e. The molecule has 2 N–H and O–H groups in total. The van der Waals surface area contributed by atoms with Gasteiger partial charge >= 0.3 is 0 Å². The molecule has 2 fully saturated rings. The fourth-order valence-corrected chi connectivity index (χ4v) is 6.13. The van der Waals surface area contributed by atoms with Gasteiger partial charge in [0, 0.05) is 54.1 Å². The number of carbonyl (C=O) groups excluding carboxylic acids is 1. The van der Waals surface area contributed by atoms with Gasteiger partial charge in [-0.3, -0.25) is 9.78 Å². The molecule has 214 valence electrons. The number of pyridine rings is 1. The van der Waals surface area contributed by atoms with Crippen LogP contribution in [0.25, 0.3) is 11.3 Å². The van der Waals surface area contributed by atoms with Gasteiger partial charge < -0.3 is 25.0 Å². The third-order valence-electron chi connectivity index (χ3n) is 8.72. The molecule has 0 aromatic carbocycles. The average molecular weight is 556 g/mol. The molecule has 2 bridgehead atoms. The molecular weight excluding hydrogens is 518 g/mol. The number of aliphatic imine (C=N–C) groups is 1. The van der Waals surface area contributed by atoms with Crippen LogP contribution in [0.5, 0.6) is 5.88 Å². The number of fused-ring (bicyclic) bond motifs is 6. The second-order valence-corrected chi connectivity index (χ2v) is 11.8. The van der Waals surface area contributed by atoms with Gasteiger partial charge in [0.25, 0.3) is 5.91 Å². The Balaban J connectivity index is 1.23. The Hall–Kier alpha value is -3.92. The summed E-state index contributed by atoms with van der Waals surface area (Å²) in [5.74, 6) is 2.08. The van der Waals surface area contributed by atoms with Gasteiger partial charge in [0.2, 0.25) is 11.8 Å². The zero-order valence-corrected chi connectivity index (χ0v) is 23.9. The van der Waals surface area contributed by atoms with Crippen molar-refractivity contribution >= 4 is 11.9 Å². The van der Waals surface area contributed by atoms with Gasteiger partial charge in [-0.2, -0.15) is 10.1 Å². The molecule has 1 amide bonds. The quantitative estimate of drug-likeness (QED) is 0.587. The number of rotatable bonds is 4. The van der Waals surface area contributed by atoms with E-state index in [4.69, 9.17) is 19.5 Å². The second kappa shape index (κ2) is 10.5. The first-order valence-electron chi connectivity index (χ1n) is 14.7. The molecule has 2 aliphatic carbocycles. The van der Waals surface area contributed by atoms with Crippen LogP contribution in [-0.2, 0) is 11.8 Å². The van der Waals surface area contributed by atoms with Crippen molar-refractivity contribution in [2.75, 3.05) is 19.8 Å². The van der Waals surface area contributed by atoms with Crippen molar-refractivity contribution in [3.8, 4) is 17.1 Å². The lowest BCUT2D eigenvalue weighted by Gasteiger charge is -2.33. The Bertz CT molecular complexity index is 1490. The molecule has 1 saturated carbocycles. The average Bonchev–Trinajstić information content (AvgIpc) is 3.64. The lowest BCUT2D eigenvalue weighted by molar-refractivity contribution is -0.0450. The first kappa shape index (κ1) is 26.0. The van der Waals surface area contributed by atoms with Crippen LogP contribution >= 0.6 is 0 Å². The van der Waals surface area contributed by atoms with E-state index in [2.05, 4.69) is 45.8 Å². The smallest absolute Gasteiger partial charge is 0.280 e. The highest BCUT2D eigenvalue weighted by Gasteiger charge is 2.41. The minimum atomic E-state index is -0.293. The lowest BCUT2D eigenvalue weighted by atomic mass is 9.99. The van der Waals surface area contributed by atoms with Crippen LogP contribution < -0.4 is 15.4 Å². The molecule has 2 aromatic heterocycles.